The minimum atomic E-state index is -0.350. The molecule has 1 aliphatic carbocycles. The Kier molecular flexibility index (Phi) is 5.64. The van der Waals surface area contributed by atoms with Crippen molar-refractivity contribution in [3.8, 4) is 0 Å². The molecule has 1 aliphatic heterocycles. The van der Waals surface area contributed by atoms with Gasteiger partial charge in [-0.1, -0.05) is 24.3 Å². The highest BCUT2D eigenvalue weighted by atomic mass is 32.2. The zero-order valence-corrected chi connectivity index (χ0v) is 16.8. The van der Waals surface area contributed by atoms with Gasteiger partial charge in [0.05, 0.1) is 17.5 Å². The van der Waals surface area contributed by atoms with Crippen molar-refractivity contribution in [2.45, 2.75) is 23.5 Å². The fourth-order valence-electron chi connectivity index (χ4n) is 3.59. The summed E-state index contributed by atoms with van der Waals surface area (Å²) in [6.45, 7) is -0.228. The van der Waals surface area contributed by atoms with Gasteiger partial charge in [0.2, 0.25) is 17.7 Å². The minimum absolute atomic E-state index is 0.227. The molecule has 2 heterocycles. The van der Waals surface area contributed by atoms with Crippen LogP contribution < -0.4 is 5.32 Å². The molecule has 1 N–H and O–H groups in total. The van der Waals surface area contributed by atoms with Gasteiger partial charge in [-0.3, -0.25) is 19.3 Å². The highest BCUT2D eigenvalue weighted by molar-refractivity contribution is 7.98. The number of anilines is 1. The van der Waals surface area contributed by atoms with E-state index in [1.807, 2.05) is 41.8 Å². The molecule has 144 valence electrons. The molecule has 3 amide bonds. The molecular formula is C21H20N2O3S2. The van der Waals surface area contributed by atoms with Crippen molar-refractivity contribution in [2.75, 3.05) is 11.9 Å². The van der Waals surface area contributed by atoms with E-state index in [-0.39, 0.29) is 36.1 Å². The maximum atomic E-state index is 12.6. The summed E-state index contributed by atoms with van der Waals surface area (Å²) in [5.41, 5.74) is 1.94. The summed E-state index contributed by atoms with van der Waals surface area (Å²) in [7, 11) is 0. The Hall–Kier alpha value is -2.38. The lowest BCUT2D eigenvalue weighted by molar-refractivity contribution is -0.142. The molecule has 28 heavy (non-hydrogen) atoms. The lowest BCUT2D eigenvalue weighted by Crippen LogP contribution is -2.38. The third-order valence-corrected chi connectivity index (χ3v) is 6.91. The molecule has 5 nitrogen and oxygen atoms in total. The number of amides is 3. The van der Waals surface area contributed by atoms with Crippen molar-refractivity contribution in [1.29, 1.82) is 0 Å². The molecule has 0 radical (unpaired) electrons. The number of likely N-dealkylation sites (tertiary alicyclic amines) is 1. The smallest absolute Gasteiger partial charge is 0.244 e. The van der Waals surface area contributed by atoms with E-state index in [0.29, 0.717) is 18.5 Å². The van der Waals surface area contributed by atoms with Crippen LogP contribution in [0.4, 0.5) is 5.69 Å². The second-order valence-electron chi connectivity index (χ2n) is 6.88. The van der Waals surface area contributed by atoms with E-state index in [4.69, 9.17) is 0 Å². The Morgan fingerprint density at radius 2 is 1.82 bits per heavy atom. The molecule has 4 rings (SSSR count). The maximum Gasteiger partial charge on any atom is 0.244 e. The largest absolute Gasteiger partial charge is 0.324 e. The number of carbonyl (C=O) groups excluding carboxylic acids is 3. The van der Waals surface area contributed by atoms with Crippen molar-refractivity contribution in [2.24, 2.45) is 11.8 Å². The molecule has 2 aliphatic rings. The van der Waals surface area contributed by atoms with Crippen molar-refractivity contribution >= 4 is 46.5 Å². The number of nitrogens with one attached hydrogen (secondary N) is 1. The molecular weight excluding hydrogens is 392 g/mol. The van der Waals surface area contributed by atoms with Crippen LogP contribution in [0, 0.1) is 11.8 Å². The summed E-state index contributed by atoms with van der Waals surface area (Å²) >= 11 is 3.30. The number of rotatable bonds is 6. The summed E-state index contributed by atoms with van der Waals surface area (Å²) in [4.78, 5) is 39.7. The molecule has 0 unspecified atom stereocenters. The number of hydrogen-bond acceptors (Lipinski definition) is 5. The summed E-state index contributed by atoms with van der Waals surface area (Å²) in [5.74, 6) is -0.603. The number of allylic oxidation sites excluding steroid dienone is 2. The van der Waals surface area contributed by atoms with Crippen molar-refractivity contribution < 1.29 is 14.4 Å². The molecule has 7 heteroatoms. The topological polar surface area (TPSA) is 66.5 Å². The van der Waals surface area contributed by atoms with Crippen LogP contribution in [-0.4, -0.2) is 29.2 Å². The average Bonchev–Trinajstić information content (AvgIpc) is 3.31. The highest BCUT2D eigenvalue weighted by Crippen LogP contribution is 2.35. The first-order valence-corrected chi connectivity index (χ1v) is 11.1. The predicted molar refractivity (Wildman–Crippen MR) is 111 cm³/mol. The molecule has 1 fully saturated rings. The molecule has 1 saturated heterocycles. The molecule has 2 aromatic rings. The number of carbonyl (C=O) groups is 3. The van der Waals surface area contributed by atoms with Crippen molar-refractivity contribution in [1.82, 2.24) is 4.90 Å². The predicted octanol–water partition coefficient (Wildman–Crippen LogP) is 3.93. The number of thioether (sulfide) groups is 1. The summed E-state index contributed by atoms with van der Waals surface area (Å²) in [6.07, 6.45) is 5.04. The second kappa shape index (κ2) is 8.32. The number of hydrogen-bond donors (Lipinski definition) is 1. The van der Waals surface area contributed by atoms with E-state index < -0.39 is 0 Å². The van der Waals surface area contributed by atoms with Gasteiger partial charge >= 0.3 is 0 Å². The Morgan fingerprint density at radius 3 is 2.50 bits per heavy atom. The second-order valence-corrected chi connectivity index (χ2v) is 8.68. The van der Waals surface area contributed by atoms with E-state index in [0.717, 1.165) is 15.5 Å². The first-order valence-electron chi connectivity index (χ1n) is 9.16. The Labute approximate surface area is 171 Å². The Bertz CT molecular complexity index is 897. The number of thiophene rings is 1. The molecule has 1 aromatic heterocycles. The average molecular weight is 413 g/mol. The fraction of sp³-hybridized carbons (Fsp3) is 0.286. The van der Waals surface area contributed by atoms with Gasteiger partial charge in [-0.25, -0.2) is 0 Å². The van der Waals surface area contributed by atoms with Crippen LogP contribution >= 0.6 is 23.1 Å². The summed E-state index contributed by atoms with van der Waals surface area (Å²) < 4.78 is 0. The zero-order chi connectivity index (χ0) is 19.5. The van der Waals surface area contributed by atoms with Crippen LogP contribution in [-0.2, 0) is 20.1 Å². The van der Waals surface area contributed by atoms with E-state index in [1.165, 1.54) is 5.56 Å². The van der Waals surface area contributed by atoms with Gasteiger partial charge in [0.1, 0.15) is 6.54 Å². The first-order chi connectivity index (χ1) is 13.6. The standard InChI is InChI=1S/C21H20N2O3S2/c24-19(11-23-20(25)15-5-1-2-6-16(15)21(23)26)22-17-7-3-4-8-18(17)28-13-14-9-10-27-12-14/h1-4,7-10,12,15-16H,5-6,11,13H2,(H,22,24)/t15-,16-/m0/s1. The summed E-state index contributed by atoms with van der Waals surface area (Å²) in [5, 5.41) is 7.02. The number of benzene rings is 1. The number of para-hydroxylation sites is 1. The fourth-order valence-corrected chi connectivity index (χ4v) is 5.32. The van der Waals surface area contributed by atoms with Gasteiger partial charge in [-0.2, -0.15) is 11.3 Å². The monoisotopic (exact) mass is 412 g/mol. The van der Waals surface area contributed by atoms with Crippen LogP contribution in [0.25, 0.3) is 0 Å². The van der Waals surface area contributed by atoms with Crippen LogP contribution in [0.5, 0.6) is 0 Å². The maximum absolute atomic E-state index is 12.6. The van der Waals surface area contributed by atoms with Gasteiger partial charge in [-0.05, 0) is 47.4 Å². The van der Waals surface area contributed by atoms with Gasteiger partial charge < -0.3 is 5.32 Å². The number of nitrogens with zero attached hydrogens (tertiary/aromatic N) is 1. The third kappa shape index (κ3) is 3.91. The normalized spacial score (nSPS) is 21.1. The lowest BCUT2D eigenvalue weighted by Gasteiger charge is -2.16. The van der Waals surface area contributed by atoms with Crippen molar-refractivity contribution in [3.63, 3.8) is 0 Å². The molecule has 0 saturated carbocycles. The Balaban J connectivity index is 1.40. The van der Waals surface area contributed by atoms with E-state index in [2.05, 4.69) is 16.8 Å². The quantitative estimate of drug-likeness (QED) is 0.444. The Morgan fingerprint density at radius 1 is 1.11 bits per heavy atom. The van der Waals surface area contributed by atoms with Crippen LogP contribution in [0.2, 0.25) is 0 Å². The van der Waals surface area contributed by atoms with E-state index in [1.54, 1.807) is 23.1 Å². The highest BCUT2D eigenvalue weighted by Gasteiger charge is 2.47. The minimum Gasteiger partial charge on any atom is -0.324 e. The van der Waals surface area contributed by atoms with Crippen LogP contribution in [0.3, 0.4) is 0 Å². The molecule has 0 bridgehead atoms. The SMILES string of the molecule is O=C(CN1C(=O)[C@H]2CC=CC[C@@H]2C1=O)Nc1ccccc1SCc1ccsc1. The summed E-state index contributed by atoms with van der Waals surface area (Å²) in [6, 6.07) is 9.66. The number of fused-ring (bicyclic) bond motifs is 1. The first kappa shape index (κ1) is 19.0. The molecule has 1 aromatic carbocycles. The van der Waals surface area contributed by atoms with Gasteiger partial charge in [-0.15, -0.1) is 11.8 Å². The van der Waals surface area contributed by atoms with Gasteiger partial charge in [0.25, 0.3) is 0 Å². The third-order valence-electron chi connectivity index (χ3n) is 5.04. The van der Waals surface area contributed by atoms with Crippen molar-refractivity contribution in [3.05, 3.63) is 58.8 Å². The van der Waals surface area contributed by atoms with E-state index >= 15 is 0 Å². The lowest BCUT2D eigenvalue weighted by atomic mass is 9.85. The van der Waals surface area contributed by atoms with Crippen LogP contribution in [0.15, 0.2) is 58.1 Å². The van der Waals surface area contributed by atoms with Crippen LogP contribution in [0.1, 0.15) is 18.4 Å². The van der Waals surface area contributed by atoms with Gasteiger partial charge in [0, 0.05) is 10.6 Å². The zero-order valence-electron chi connectivity index (χ0n) is 15.2. The van der Waals surface area contributed by atoms with Gasteiger partial charge in [0.15, 0.2) is 0 Å². The molecule has 0 spiro atoms. The number of imide groups is 1. The van der Waals surface area contributed by atoms with E-state index in [9.17, 15) is 14.4 Å². The molecule has 2 atom stereocenters.